The Morgan fingerprint density at radius 3 is 2.76 bits per heavy atom. The number of amides is 1. The van der Waals surface area contributed by atoms with Crippen LogP contribution in [0.25, 0.3) is 10.9 Å². The summed E-state index contributed by atoms with van der Waals surface area (Å²) >= 11 is 0. The monoisotopic (exact) mass is 336 g/mol. The molecule has 6 nitrogen and oxygen atoms in total. The Hall–Kier alpha value is -2.86. The number of nitrogens with one attached hydrogen (secondary N) is 1. The highest BCUT2D eigenvalue weighted by Crippen LogP contribution is 2.27. The molecular weight excluding hydrogens is 316 g/mol. The van der Waals surface area contributed by atoms with E-state index in [0.29, 0.717) is 17.3 Å². The fraction of sp³-hybridized carbons (Fsp3) is 0.263. The van der Waals surface area contributed by atoms with E-state index in [1.165, 1.54) is 0 Å². The van der Waals surface area contributed by atoms with Crippen molar-refractivity contribution in [2.45, 2.75) is 0 Å². The highest BCUT2D eigenvalue weighted by atomic mass is 16.5. The van der Waals surface area contributed by atoms with E-state index in [1.807, 2.05) is 59.0 Å². The molecule has 1 aliphatic heterocycles. The van der Waals surface area contributed by atoms with Crippen molar-refractivity contribution in [3.8, 4) is 11.6 Å². The van der Waals surface area contributed by atoms with Gasteiger partial charge < -0.3 is 19.5 Å². The molecule has 1 aliphatic rings. The average molecular weight is 336 g/mol. The first-order valence-electron chi connectivity index (χ1n) is 8.41. The fourth-order valence-corrected chi connectivity index (χ4v) is 3.15. The summed E-state index contributed by atoms with van der Waals surface area (Å²) in [4.78, 5) is 18.9. The van der Waals surface area contributed by atoms with Crippen molar-refractivity contribution in [2.75, 3.05) is 26.2 Å². The lowest BCUT2D eigenvalue weighted by Crippen LogP contribution is -2.46. The first kappa shape index (κ1) is 15.7. The van der Waals surface area contributed by atoms with Crippen LogP contribution >= 0.6 is 0 Å². The lowest BCUT2D eigenvalue weighted by atomic mass is 10.2. The minimum atomic E-state index is 0.0763. The molecule has 0 bridgehead atoms. The topological polar surface area (TPSA) is 59.4 Å². The van der Waals surface area contributed by atoms with Crippen LogP contribution in [-0.2, 0) is 7.05 Å². The second kappa shape index (κ2) is 6.57. The van der Waals surface area contributed by atoms with E-state index in [1.54, 1.807) is 6.20 Å². The number of fused-ring (bicyclic) bond motifs is 1. The van der Waals surface area contributed by atoms with Gasteiger partial charge in [-0.3, -0.25) is 4.79 Å². The van der Waals surface area contributed by atoms with Crippen molar-refractivity contribution in [1.29, 1.82) is 0 Å². The standard InChI is InChI=1S/C19H20N4O2/c1-22-16-6-5-15(25-18-4-2-3-7-21-18)12-14(16)13-17(22)19(24)23-10-8-20-9-11-23/h2-7,12-13,20H,8-11H2,1H3. The Balaban J connectivity index is 1.63. The molecule has 128 valence electrons. The highest BCUT2D eigenvalue weighted by molar-refractivity contribution is 5.99. The van der Waals surface area contributed by atoms with Crippen molar-refractivity contribution in [2.24, 2.45) is 7.05 Å². The molecule has 0 unspecified atom stereocenters. The number of rotatable bonds is 3. The van der Waals surface area contributed by atoms with Crippen LogP contribution in [0.1, 0.15) is 10.5 Å². The molecule has 0 saturated carbocycles. The van der Waals surface area contributed by atoms with Crippen LogP contribution in [0.3, 0.4) is 0 Å². The lowest BCUT2D eigenvalue weighted by molar-refractivity contribution is 0.0726. The van der Waals surface area contributed by atoms with Crippen molar-refractivity contribution < 1.29 is 9.53 Å². The predicted molar refractivity (Wildman–Crippen MR) is 96.0 cm³/mol. The maximum atomic E-state index is 12.8. The molecule has 1 amide bonds. The molecule has 0 radical (unpaired) electrons. The van der Waals surface area contributed by atoms with Gasteiger partial charge in [-0.1, -0.05) is 6.07 Å². The van der Waals surface area contributed by atoms with Crippen LogP contribution in [0.2, 0.25) is 0 Å². The van der Waals surface area contributed by atoms with Gasteiger partial charge in [-0.05, 0) is 30.3 Å². The van der Waals surface area contributed by atoms with Gasteiger partial charge in [0.1, 0.15) is 11.4 Å². The molecule has 25 heavy (non-hydrogen) atoms. The number of hydrogen-bond donors (Lipinski definition) is 1. The zero-order chi connectivity index (χ0) is 17.2. The molecule has 3 aromatic rings. The number of aromatic nitrogens is 2. The third-order valence-corrected chi connectivity index (χ3v) is 4.50. The van der Waals surface area contributed by atoms with Crippen LogP contribution in [0, 0.1) is 0 Å². The number of ether oxygens (including phenoxy) is 1. The predicted octanol–water partition coefficient (Wildman–Crippen LogP) is 2.41. The maximum Gasteiger partial charge on any atom is 0.270 e. The summed E-state index contributed by atoms with van der Waals surface area (Å²) in [5.41, 5.74) is 1.71. The van der Waals surface area contributed by atoms with Crippen LogP contribution in [0.4, 0.5) is 0 Å². The van der Waals surface area contributed by atoms with E-state index in [-0.39, 0.29) is 5.91 Å². The number of piperazine rings is 1. The number of carbonyl (C=O) groups is 1. The van der Waals surface area contributed by atoms with Crippen molar-refractivity contribution in [3.63, 3.8) is 0 Å². The number of hydrogen-bond acceptors (Lipinski definition) is 4. The van der Waals surface area contributed by atoms with Gasteiger partial charge in [0.15, 0.2) is 0 Å². The minimum Gasteiger partial charge on any atom is -0.439 e. The molecule has 1 fully saturated rings. The maximum absolute atomic E-state index is 12.8. The summed E-state index contributed by atoms with van der Waals surface area (Å²) in [6.45, 7) is 3.18. The second-order valence-electron chi connectivity index (χ2n) is 6.12. The van der Waals surface area contributed by atoms with E-state index in [9.17, 15) is 4.79 Å². The lowest BCUT2D eigenvalue weighted by Gasteiger charge is -2.27. The summed E-state index contributed by atoms with van der Waals surface area (Å²) in [5, 5.41) is 4.25. The Morgan fingerprint density at radius 1 is 1.16 bits per heavy atom. The van der Waals surface area contributed by atoms with E-state index < -0.39 is 0 Å². The molecule has 1 saturated heterocycles. The summed E-state index contributed by atoms with van der Waals surface area (Å²) in [6.07, 6.45) is 1.70. The second-order valence-corrected chi connectivity index (χ2v) is 6.12. The van der Waals surface area contributed by atoms with E-state index in [0.717, 1.165) is 37.1 Å². The van der Waals surface area contributed by atoms with E-state index in [4.69, 9.17) is 4.74 Å². The zero-order valence-electron chi connectivity index (χ0n) is 14.1. The van der Waals surface area contributed by atoms with Gasteiger partial charge in [-0.25, -0.2) is 4.98 Å². The van der Waals surface area contributed by atoms with Crippen LogP contribution < -0.4 is 10.1 Å². The van der Waals surface area contributed by atoms with E-state index >= 15 is 0 Å². The zero-order valence-corrected chi connectivity index (χ0v) is 14.1. The number of pyridine rings is 1. The Bertz CT molecular complexity index is 898. The molecule has 6 heteroatoms. The van der Waals surface area contributed by atoms with Crippen molar-refractivity contribution in [3.05, 3.63) is 54.4 Å². The molecular formula is C19H20N4O2. The third kappa shape index (κ3) is 3.08. The summed E-state index contributed by atoms with van der Waals surface area (Å²) in [5.74, 6) is 1.33. The Labute approximate surface area is 146 Å². The fourth-order valence-electron chi connectivity index (χ4n) is 3.15. The molecule has 3 heterocycles. The SMILES string of the molecule is Cn1c(C(=O)N2CCNCC2)cc2cc(Oc3ccccn3)ccc21. The summed E-state index contributed by atoms with van der Waals surface area (Å²) in [7, 11) is 1.93. The van der Waals surface area contributed by atoms with Gasteiger partial charge >= 0.3 is 0 Å². The van der Waals surface area contributed by atoms with E-state index in [2.05, 4.69) is 10.3 Å². The Morgan fingerprint density at radius 2 is 2.00 bits per heavy atom. The largest absolute Gasteiger partial charge is 0.439 e. The molecule has 1 aromatic carbocycles. The van der Waals surface area contributed by atoms with Gasteiger partial charge in [-0.2, -0.15) is 0 Å². The van der Waals surface area contributed by atoms with Gasteiger partial charge in [0, 0.05) is 56.4 Å². The average Bonchev–Trinajstić information content (AvgIpc) is 2.99. The first-order valence-corrected chi connectivity index (χ1v) is 8.41. The Kier molecular flexibility index (Phi) is 4.11. The highest BCUT2D eigenvalue weighted by Gasteiger charge is 2.21. The molecule has 4 rings (SSSR count). The first-order chi connectivity index (χ1) is 12.2. The summed E-state index contributed by atoms with van der Waals surface area (Å²) < 4.78 is 7.74. The van der Waals surface area contributed by atoms with Crippen molar-refractivity contribution in [1.82, 2.24) is 19.8 Å². The van der Waals surface area contributed by atoms with Gasteiger partial charge in [0.2, 0.25) is 5.88 Å². The number of aryl methyl sites for hydroxylation is 1. The molecule has 0 spiro atoms. The third-order valence-electron chi connectivity index (χ3n) is 4.50. The van der Waals surface area contributed by atoms with Crippen LogP contribution in [-0.4, -0.2) is 46.5 Å². The molecule has 1 N–H and O–H groups in total. The van der Waals surface area contributed by atoms with Crippen molar-refractivity contribution >= 4 is 16.8 Å². The quantitative estimate of drug-likeness (QED) is 0.798. The van der Waals surface area contributed by atoms with Gasteiger partial charge in [0.25, 0.3) is 5.91 Å². The van der Waals surface area contributed by atoms with Gasteiger partial charge in [-0.15, -0.1) is 0 Å². The smallest absolute Gasteiger partial charge is 0.270 e. The molecule has 0 aliphatic carbocycles. The number of benzene rings is 1. The molecule has 2 aromatic heterocycles. The number of carbonyl (C=O) groups excluding carboxylic acids is 1. The minimum absolute atomic E-state index is 0.0763. The molecule has 0 atom stereocenters. The van der Waals surface area contributed by atoms with Gasteiger partial charge in [0.05, 0.1) is 0 Å². The summed E-state index contributed by atoms with van der Waals surface area (Å²) in [6, 6.07) is 13.3. The van der Waals surface area contributed by atoms with Crippen LogP contribution in [0.5, 0.6) is 11.6 Å². The number of nitrogens with zero attached hydrogens (tertiary/aromatic N) is 3. The van der Waals surface area contributed by atoms with Crippen LogP contribution in [0.15, 0.2) is 48.7 Å². The normalized spacial score (nSPS) is 14.7.